The summed E-state index contributed by atoms with van der Waals surface area (Å²) in [6, 6.07) is 4.14. The number of carbonyl (C=O) groups excluding carboxylic acids is 1. The molecule has 0 spiro atoms. The van der Waals surface area contributed by atoms with E-state index in [0.717, 1.165) is 0 Å². The highest BCUT2D eigenvalue weighted by atomic mass is 35.5. The number of rotatable bonds is 5. The SMILES string of the molecule is CCOC1=NO[C@H](NC(=O)c2ccc(C3=NO[C@@](c4cc(C(F)(F)F)cc(Cl)c4F)(C(F)(F)F)C3)cc2C)C1. The van der Waals surface area contributed by atoms with Gasteiger partial charge in [0.2, 0.25) is 12.1 Å². The third kappa shape index (κ3) is 5.47. The van der Waals surface area contributed by atoms with Gasteiger partial charge in [-0.25, -0.2) is 4.39 Å². The van der Waals surface area contributed by atoms with Gasteiger partial charge in [-0.05, 0) is 54.4 Å². The first-order chi connectivity index (χ1) is 18.2. The van der Waals surface area contributed by atoms with Gasteiger partial charge < -0.3 is 19.7 Å². The Bertz CT molecular complexity index is 1360. The minimum atomic E-state index is -5.38. The largest absolute Gasteiger partial charge is 0.479 e. The molecule has 0 saturated carbocycles. The van der Waals surface area contributed by atoms with Crippen molar-refractivity contribution in [3.05, 3.63) is 69.0 Å². The number of aryl methyl sites for hydroxylation is 1. The van der Waals surface area contributed by atoms with Crippen molar-refractivity contribution in [3.8, 4) is 0 Å². The van der Waals surface area contributed by atoms with Gasteiger partial charge in [-0.3, -0.25) is 4.79 Å². The molecule has 0 fully saturated rings. The maximum Gasteiger partial charge on any atom is 0.435 e. The summed E-state index contributed by atoms with van der Waals surface area (Å²) in [5, 5.41) is 8.57. The smallest absolute Gasteiger partial charge is 0.435 e. The number of oxime groups is 2. The van der Waals surface area contributed by atoms with Crippen molar-refractivity contribution in [2.45, 2.75) is 50.9 Å². The lowest BCUT2D eigenvalue weighted by molar-refractivity contribution is -0.276. The molecule has 0 aromatic heterocycles. The standard InChI is InChI=1S/C24H19ClF7N3O4/c1-3-37-19-9-18(38-35-19)33-21(36)14-5-4-12(6-11(14)2)17-10-22(39-34-17,24(30,31)32)15-7-13(23(27,28)29)8-16(25)20(15)26/h4-8,18H,3,9-10H2,1-2H3,(H,33,36)/t18-,22-/m0/s1. The van der Waals surface area contributed by atoms with Crippen LogP contribution in [0.15, 0.2) is 40.6 Å². The second-order valence-corrected chi connectivity index (χ2v) is 9.07. The van der Waals surface area contributed by atoms with Crippen molar-refractivity contribution < 1.29 is 49.9 Å². The zero-order valence-electron chi connectivity index (χ0n) is 20.1. The summed E-state index contributed by atoms with van der Waals surface area (Å²) >= 11 is 5.52. The number of nitrogens with zero attached hydrogens (tertiary/aromatic N) is 2. The molecule has 39 heavy (non-hydrogen) atoms. The molecule has 2 aromatic carbocycles. The summed E-state index contributed by atoms with van der Waals surface area (Å²) < 4.78 is 103. The molecule has 1 amide bonds. The molecule has 0 radical (unpaired) electrons. The monoisotopic (exact) mass is 581 g/mol. The number of benzene rings is 2. The van der Waals surface area contributed by atoms with Crippen LogP contribution >= 0.6 is 11.6 Å². The van der Waals surface area contributed by atoms with Crippen LogP contribution in [-0.2, 0) is 26.2 Å². The summed E-state index contributed by atoms with van der Waals surface area (Å²) in [5.74, 6) is -1.97. The molecule has 15 heteroatoms. The van der Waals surface area contributed by atoms with Gasteiger partial charge in [0.05, 0.1) is 35.7 Å². The van der Waals surface area contributed by atoms with E-state index in [1.807, 2.05) is 0 Å². The minimum absolute atomic E-state index is 0.0115. The normalized spacial score (nSPS) is 21.1. The molecular weight excluding hydrogens is 563 g/mol. The van der Waals surface area contributed by atoms with E-state index in [9.17, 15) is 35.5 Å². The maximum atomic E-state index is 14.8. The molecule has 7 nitrogen and oxygen atoms in total. The van der Waals surface area contributed by atoms with Gasteiger partial charge in [0, 0.05) is 11.1 Å². The van der Waals surface area contributed by atoms with Gasteiger partial charge in [0.15, 0.2) is 0 Å². The lowest BCUT2D eigenvalue weighted by atomic mass is 9.85. The average molecular weight is 582 g/mol. The van der Waals surface area contributed by atoms with Crippen molar-refractivity contribution in [1.29, 1.82) is 0 Å². The number of amides is 1. The number of hydrogen-bond donors (Lipinski definition) is 1. The van der Waals surface area contributed by atoms with Crippen LogP contribution in [0.5, 0.6) is 0 Å². The molecule has 0 unspecified atom stereocenters. The van der Waals surface area contributed by atoms with Gasteiger partial charge in [-0.2, -0.15) is 26.3 Å². The molecule has 1 N–H and O–H groups in total. The average Bonchev–Trinajstić information content (AvgIpc) is 3.48. The summed E-state index contributed by atoms with van der Waals surface area (Å²) in [6.45, 7) is 3.62. The lowest BCUT2D eigenvalue weighted by Gasteiger charge is -2.30. The first kappa shape index (κ1) is 28.5. The Morgan fingerprint density at radius 1 is 1.18 bits per heavy atom. The van der Waals surface area contributed by atoms with Gasteiger partial charge >= 0.3 is 12.4 Å². The van der Waals surface area contributed by atoms with Crippen LogP contribution in [-0.4, -0.2) is 36.5 Å². The quantitative estimate of drug-likeness (QED) is 0.426. The molecule has 210 valence electrons. The van der Waals surface area contributed by atoms with E-state index in [0.29, 0.717) is 18.1 Å². The van der Waals surface area contributed by atoms with Crippen molar-refractivity contribution in [2.75, 3.05) is 6.61 Å². The minimum Gasteiger partial charge on any atom is -0.479 e. The number of alkyl halides is 6. The van der Waals surface area contributed by atoms with Gasteiger partial charge in [0.1, 0.15) is 5.82 Å². The molecule has 4 rings (SSSR count). The Morgan fingerprint density at radius 2 is 1.90 bits per heavy atom. The number of nitrogens with one attached hydrogen (secondary N) is 1. The topological polar surface area (TPSA) is 81.5 Å². The molecule has 2 atom stereocenters. The summed E-state index contributed by atoms with van der Waals surface area (Å²) in [4.78, 5) is 22.4. The fourth-order valence-corrected chi connectivity index (χ4v) is 4.31. The van der Waals surface area contributed by atoms with Crippen molar-refractivity contribution in [3.63, 3.8) is 0 Å². The first-order valence-corrected chi connectivity index (χ1v) is 11.7. The molecule has 0 saturated heterocycles. The fraction of sp³-hybridized carbons (Fsp3) is 0.375. The third-order valence-electron chi connectivity index (χ3n) is 6.03. The van der Waals surface area contributed by atoms with E-state index in [-0.39, 0.29) is 35.4 Å². The van der Waals surface area contributed by atoms with Crippen LogP contribution < -0.4 is 5.32 Å². The summed E-state index contributed by atoms with van der Waals surface area (Å²) in [5.41, 5.74) is -6.37. The van der Waals surface area contributed by atoms with E-state index in [2.05, 4.69) is 20.5 Å². The number of ether oxygens (including phenoxy) is 1. The first-order valence-electron chi connectivity index (χ1n) is 11.3. The predicted molar refractivity (Wildman–Crippen MR) is 124 cm³/mol. The Morgan fingerprint density at radius 3 is 2.51 bits per heavy atom. The zero-order chi connectivity index (χ0) is 28.8. The van der Waals surface area contributed by atoms with Gasteiger partial charge in [-0.1, -0.05) is 22.8 Å². The Hall–Kier alpha value is -3.55. The molecule has 2 aliphatic rings. The fourth-order valence-electron chi connectivity index (χ4n) is 4.09. The van der Waals surface area contributed by atoms with Gasteiger partial charge in [-0.15, -0.1) is 0 Å². The van der Waals surface area contributed by atoms with Crippen LogP contribution in [0.3, 0.4) is 0 Å². The van der Waals surface area contributed by atoms with Crippen LogP contribution in [0, 0.1) is 12.7 Å². The molecule has 0 bridgehead atoms. The summed E-state index contributed by atoms with van der Waals surface area (Å²) in [6.07, 6.45) is -12.2. The number of hydrogen-bond acceptors (Lipinski definition) is 6. The Balaban J connectivity index is 1.59. The third-order valence-corrected chi connectivity index (χ3v) is 6.30. The van der Waals surface area contributed by atoms with Crippen LogP contribution in [0.25, 0.3) is 0 Å². The van der Waals surface area contributed by atoms with Crippen molar-refractivity contribution in [1.82, 2.24) is 5.32 Å². The van der Waals surface area contributed by atoms with E-state index in [4.69, 9.17) is 21.2 Å². The van der Waals surface area contributed by atoms with Crippen LogP contribution in [0.4, 0.5) is 30.7 Å². The zero-order valence-corrected chi connectivity index (χ0v) is 20.9. The van der Waals surface area contributed by atoms with Crippen molar-refractivity contribution >= 4 is 29.1 Å². The highest BCUT2D eigenvalue weighted by molar-refractivity contribution is 6.30. The second-order valence-electron chi connectivity index (χ2n) is 8.67. The highest BCUT2D eigenvalue weighted by Crippen LogP contribution is 2.51. The maximum absolute atomic E-state index is 14.8. The molecule has 2 aromatic rings. The lowest BCUT2D eigenvalue weighted by Crippen LogP contribution is -2.43. The second kappa shape index (κ2) is 10.2. The predicted octanol–water partition coefficient (Wildman–Crippen LogP) is 6.21. The summed E-state index contributed by atoms with van der Waals surface area (Å²) in [7, 11) is 0. The molecular formula is C24H19ClF7N3O4. The molecule has 0 aliphatic carbocycles. The Kier molecular flexibility index (Phi) is 7.45. The number of carbonyl (C=O) groups is 1. The highest BCUT2D eigenvalue weighted by Gasteiger charge is 2.64. The van der Waals surface area contributed by atoms with Crippen LogP contribution in [0.1, 0.15) is 52.4 Å². The van der Waals surface area contributed by atoms with Crippen molar-refractivity contribution in [2.24, 2.45) is 10.3 Å². The molecule has 2 heterocycles. The van der Waals surface area contributed by atoms with E-state index < -0.39 is 58.5 Å². The van der Waals surface area contributed by atoms with E-state index in [1.165, 1.54) is 25.1 Å². The van der Waals surface area contributed by atoms with E-state index >= 15 is 0 Å². The van der Waals surface area contributed by atoms with E-state index in [1.54, 1.807) is 6.92 Å². The number of halogens is 8. The molecule has 2 aliphatic heterocycles. The van der Waals surface area contributed by atoms with Gasteiger partial charge in [0.25, 0.3) is 11.5 Å². The van der Waals surface area contributed by atoms with Crippen LogP contribution in [0.2, 0.25) is 5.02 Å². The Labute approximate surface area is 221 Å².